The van der Waals surface area contributed by atoms with Crippen molar-refractivity contribution in [3.05, 3.63) is 12.2 Å². The zero-order valence-corrected chi connectivity index (χ0v) is 12.5. The van der Waals surface area contributed by atoms with Crippen molar-refractivity contribution in [2.24, 2.45) is 0 Å². The molecule has 0 fully saturated rings. The van der Waals surface area contributed by atoms with Crippen LogP contribution in [0.5, 0.6) is 0 Å². The first kappa shape index (κ1) is 19.4. The zero-order valence-electron chi connectivity index (χ0n) is 11.6. The van der Waals surface area contributed by atoms with E-state index >= 15 is 0 Å². The van der Waals surface area contributed by atoms with Crippen LogP contribution in [0.1, 0.15) is 27.2 Å². The van der Waals surface area contributed by atoms with Gasteiger partial charge in [-0.15, -0.1) is 0 Å². The second kappa shape index (κ2) is 6.48. The molecule has 0 spiro atoms. The van der Waals surface area contributed by atoms with Gasteiger partial charge in [0.15, 0.2) is 16.7 Å². The Hall–Kier alpha value is -1.55. The topological polar surface area (TPSA) is 110 Å². The van der Waals surface area contributed by atoms with E-state index < -0.39 is 45.9 Å². The summed E-state index contributed by atoms with van der Waals surface area (Å²) in [5.41, 5.74) is -1.31. The third-order valence-corrected chi connectivity index (χ3v) is 2.90. The summed E-state index contributed by atoms with van der Waals surface area (Å²) in [5.74, 6) is -2.04. The highest BCUT2D eigenvalue weighted by Crippen LogP contribution is 2.22. The van der Waals surface area contributed by atoms with Crippen molar-refractivity contribution in [3.63, 3.8) is 0 Å². The van der Waals surface area contributed by atoms with Crippen molar-refractivity contribution in [2.75, 3.05) is 6.61 Å². The van der Waals surface area contributed by atoms with Gasteiger partial charge >= 0.3 is 17.2 Å². The summed E-state index contributed by atoms with van der Waals surface area (Å²) in [6.45, 7) is 5.43. The number of esters is 2. The molecule has 0 radical (unpaired) electrons. The fourth-order valence-corrected chi connectivity index (χ4v) is 1.21. The summed E-state index contributed by atoms with van der Waals surface area (Å²) < 4.78 is 65.0. The number of ether oxygens (including phenoxy) is 2. The predicted octanol–water partition coefficient (Wildman–Crippen LogP) is 0.956. The minimum Gasteiger partial charge on any atom is -0.743 e. The molecule has 7 nitrogen and oxygen atoms in total. The minimum atomic E-state index is -5.93. The molecular formula is C11H15F2O7S-. The first-order valence-electron chi connectivity index (χ1n) is 5.56. The highest BCUT2D eigenvalue weighted by Gasteiger charge is 2.40. The Morgan fingerprint density at radius 1 is 1.29 bits per heavy atom. The van der Waals surface area contributed by atoms with Crippen LogP contribution in [0.4, 0.5) is 8.78 Å². The molecule has 0 rings (SSSR count). The van der Waals surface area contributed by atoms with Gasteiger partial charge in [0.1, 0.15) is 5.60 Å². The monoisotopic (exact) mass is 329 g/mol. The standard InChI is InChI=1S/C11H16F2O7S/c1-7(2)9(15)20-10(3,4)5-8(14)19-6-11(12,13)21(16,17)18/h1,5-6H2,2-4H3,(H,16,17,18)/p-1. The van der Waals surface area contributed by atoms with Crippen molar-refractivity contribution in [1.29, 1.82) is 0 Å². The molecule has 0 atom stereocenters. The van der Waals surface area contributed by atoms with E-state index in [0.29, 0.717) is 0 Å². The number of alkyl halides is 2. The lowest BCUT2D eigenvalue weighted by molar-refractivity contribution is -0.162. The Balaban J connectivity index is 4.58. The quantitative estimate of drug-likeness (QED) is 0.388. The molecule has 0 aliphatic rings. The summed E-state index contributed by atoms with van der Waals surface area (Å²) in [5, 5.41) is -4.72. The highest BCUT2D eigenvalue weighted by atomic mass is 32.2. The third-order valence-electron chi connectivity index (χ3n) is 2.05. The van der Waals surface area contributed by atoms with Crippen LogP contribution < -0.4 is 0 Å². The van der Waals surface area contributed by atoms with Crippen molar-refractivity contribution in [2.45, 2.75) is 38.0 Å². The lowest BCUT2D eigenvalue weighted by Crippen LogP contribution is -2.37. The van der Waals surface area contributed by atoms with Crippen LogP contribution >= 0.6 is 0 Å². The molecule has 0 aliphatic carbocycles. The molecule has 0 heterocycles. The van der Waals surface area contributed by atoms with Gasteiger partial charge in [0, 0.05) is 5.57 Å². The number of hydrogen-bond acceptors (Lipinski definition) is 7. The van der Waals surface area contributed by atoms with Crippen molar-refractivity contribution < 1.29 is 40.8 Å². The second-order valence-electron chi connectivity index (χ2n) is 4.86. The smallest absolute Gasteiger partial charge is 0.367 e. The Labute approximate surface area is 120 Å². The normalized spacial score (nSPS) is 12.7. The van der Waals surface area contributed by atoms with Gasteiger partial charge in [-0.2, -0.15) is 8.78 Å². The van der Waals surface area contributed by atoms with Gasteiger partial charge in [0.2, 0.25) is 0 Å². The molecular weight excluding hydrogens is 314 g/mol. The number of rotatable bonds is 7. The maximum atomic E-state index is 12.8. The van der Waals surface area contributed by atoms with Gasteiger partial charge in [-0.25, -0.2) is 13.2 Å². The van der Waals surface area contributed by atoms with Crippen LogP contribution in [0.25, 0.3) is 0 Å². The predicted molar refractivity (Wildman–Crippen MR) is 65.2 cm³/mol. The summed E-state index contributed by atoms with van der Waals surface area (Å²) in [7, 11) is -5.93. The first-order chi connectivity index (χ1) is 9.18. The summed E-state index contributed by atoms with van der Waals surface area (Å²) in [4.78, 5) is 22.6. The molecule has 0 saturated heterocycles. The Kier molecular flexibility index (Phi) is 6.00. The zero-order chi connectivity index (χ0) is 17.1. The van der Waals surface area contributed by atoms with Gasteiger partial charge in [0.05, 0.1) is 6.42 Å². The lowest BCUT2D eigenvalue weighted by atomic mass is 10.1. The summed E-state index contributed by atoms with van der Waals surface area (Å²) in [6, 6.07) is 0. The molecule has 0 aromatic carbocycles. The van der Waals surface area contributed by atoms with Gasteiger partial charge in [-0.3, -0.25) is 4.79 Å². The number of carbonyl (C=O) groups is 2. The molecule has 0 N–H and O–H groups in total. The van der Waals surface area contributed by atoms with E-state index in [1.165, 1.54) is 20.8 Å². The largest absolute Gasteiger partial charge is 0.743 e. The third kappa shape index (κ3) is 6.63. The van der Waals surface area contributed by atoms with E-state index in [1.807, 2.05) is 0 Å². The van der Waals surface area contributed by atoms with Gasteiger partial charge < -0.3 is 14.0 Å². The highest BCUT2D eigenvalue weighted by molar-refractivity contribution is 7.86. The van der Waals surface area contributed by atoms with Crippen LogP contribution in [0.3, 0.4) is 0 Å². The lowest BCUT2D eigenvalue weighted by Gasteiger charge is -2.25. The van der Waals surface area contributed by atoms with Crippen molar-refractivity contribution in [3.8, 4) is 0 Å². The number of halogens is 2. The van der Waals surface area contributed by atoms with E-state index in [-0.39, 0.29) is 5.57 Å². The van der Waals surface area contributed by atoms with Gasteiger partial charge in [-0.05, 0) is 20.8 Å². The Morgan fingerprint density at radius 2 is 1.76 bits per heavy atom. The average Bonchev–Trinajstić information content (AvgIpc) is 2.23. The molecule has 0 aromatic rings. The molecule has 122 valence electrons. The molecule has 0 aromatic heterocycles. The van der Waals surface area contributed by atoms with E-state index in [1.54, 1.807) is 0 Å². The molecule has 0 unspecified atom stereocenters. The van der Waals surface area contributed by atoms with Crippen LogP contribution in [0, 0.1) is 0 Å². The SMILES string of the molecule is C=C(C)C(=O)OC(C)(C)CC(=O)OCC(F)(F)S(=O)(=O)[O-]. The molecule has 10 heteroatoms. The summed E-state index contributed by atoms with van der Waals surface area (Å²) >= 11 is 0. The molecule has 0 aliphatic heterocycles. The molecule has 21 heavy (non-hydrogen) atoms. The van der Waals surface area contributed by atoms with E-state index in [4.69, 9.17) is 4.74 Å². The first-order valence-corrected chi connectivity index (χ1v) is 6.96. The van der Waals surface area contributed by atoms with Gasteiger partial charge in [-0.1, -0.05) is 6.58 Å². The van der Waals surface area contributed by atoms with Crippen LogP contribution in [0.2, 0.25) is 0 Å². The van der Waals surface area contributed by atoms with E-state index in [0.717, 1.165) is 0 Å². The maximum Gasteiger partial charge on any atom is 0.367 e. The van der Waals surface area contributed by atoms with Crippen LogP contribution in [-0.2, 0) is 29.2 Å². The Morgan fingerprint density at radius 3 is 2.14 bits per heavy atom. The van der Waals surface area contributed by atoms with E-state index in [2.05, 4.69) is 11.3 Å². The molecule has 0 saturated carbocycles. The Bertz CT molecular complexity index is 537. The minimum absolute atomic E-state index is 0.0698. The molecule has 0 bridgehead atoms. The van der Waals surface area contributed by atoms with Gasteiger partial charge in [0.25, 0.3) is 0 Å². The molecule has 0 amide bonds. The van der Waals surface area contributed by atoms with Crippen LogP contribution in [-0.4, -0.2) is 42.4 Å². The second-order valence-corrected chi connectivity index (χ2v) is 6.36. The van der Waals surface area contributed by atoms with Crippen molar-refractivity contribution >= 4 is 22.1 Å². The maximum absolute atomic E-state index is 12.8. The van der Waals surface area contributed by atoms with Crippen molar-refractivity contribution in [1.82, 2.24) is 0 Å². The fourth-order valence-electron chi connectivity index (χ4n) is 1.01. The number of hydrogen-bond donors (Lipinski definition) is 0. The summed E-state index contributed by atoms with van der Waals surface area (Å²) in [6.07, 6.45) is -0.610. The van der Waals surface area contributed by atoms with E-state index in [9.17, 15) is 31.3 Å². The average molecular weight is 329 g/mol. The van der Waals surface area contributed by atoms with Crippen LogP contribution in [0.15, 0.2) is 12.2 Å². The number of carbonyl (C=O) groups excluding carboxylic acids is 2. The fraction of sp³-hybridized carbons (Fsp3) is 0.636.